The summed E-state index contributed by atoms with van der Waals surface area (Å²) >= 11 is 0. The number of carbonyl (C=O) groups excluding carboxylic acids is 2. The van der Waals surface area contributed by atoms with Crippen LogP contribution in [0.4, 0.5) is 11.4 Å². The monoisotopic (exact) mass is 701 g/mol. The number of nitrogens with zero attached hydrogens (tertiary/aromatic N) is 1. The number of hydrogen-bond acceptors (Lipinski definition) is 5. The van der Waals surface area contributed by atoms with E-state index in [1.54, 1.807) is 30.3 Å². The quantitative estimate of drug-likeness (QED) is 0.138. The number of anilines is 2. The largest absolute Gasteiger partial charge is 0.507 e. The van der Waals surface area contributed by atoms with E-state index in [1.807, 2.05) is 133 Å². The number of aromatic hydroxyl groups is 2. The van der Waals surface area contributed by atoms with Crippen LogP contribution >= 0.6 is 0 Å². The lowest BCUT2D eigenvalue weighted by molar-refractivity contribution is 0.101. The molecule has 258 valence electrons. The summed E-state index contributed by atoms with van der Waals surface area (Å²) in [6.07, 6.45) is 0. The average Bonchev–Trinajstić information content (AvgIpc) is 3.21. The highest BCUT2D eigenvalue weighted by atomic mass is 16.3. The lowest BCUT2D eigenvalue weighted by atomic mass is 9.91. The Morgan fingerprint density at radius 1 is 0.370 bits per heavy atom. The molecule has 9 aromatic rings. The van der Waals surface area contributed by atoms with Gasteiger partial charge in [0.1, 0.15) is 22.9 Å². The zero-order valence-corrected chi connectivity index (χ0v) is 28.7. The summed E-state index contributed by atoms with van der Waals surface area (Å²) in [6, 6.07) is 50.5. The second-order valence-electron chi connectivity index (χ2n) is 13.1. The fourth-order valence-electron chi connectivity index (χ4n) is 7.40. The number of hydrogen-bond donors (Lipinski definition) is 4. The highest BCUT2D eigenvalue weighted by Gasteiger charge is 2.22. The molecule has 0 spiro atoms. The SMILES string of the molecule is O=C(Nc1ccc2ccccc2c1-c1c(O)ccc2ccccc12)c1cccc(C(=O)Nc2ccc3ccccc3c2-c2c(O)ccc3ccccc23)n1. The van der Waals surface area contributed by atoms with E-state index in [4.69, 9.17) is 0 Å². The predicted molar refractivity (Wildman–Crippen MR) is 217 cm³/mol. The van der Waals surface area contributed by atoms with Crippen LogP contribution in [0.2, 0.25) is 0 Å². The molecule has 1 aromatic heterocycles. The van der Waals surface area contributed by atoms with Crippen LogP contribution in [0, 0.1) is 0 Å². The molecule has 0 radical (unpaired) electrons. The standard InChI is InChI=1S/C47H31N3O4/c51-40-26-22-30-12-3-7-16-34(30)44(40)42-32-14-5-1-10-28(32)20-24-36(42)49-46(53)38-18-9-19-39(48-38)47(54)50-37-25-21-29-11-2-6-15-33(29)43(37)45-35-17-8-4-13-31(35)23-27-41(45)52/h1-27,51-52H,(H,49,53)(H,50,54). The molecule has 9 rings (SSSR count). The molecule has 54 heavy (non-hydrogen) atoms. The van der Waals surface area contributed by atoms with E-state index >= 15 is 0 Å². The van der Waals surface area contributed by atoms with Gasteiger partial charge in [-0.15, -0.1) is 0 Å². The van der Waals surface area contributed by atoms with Crippen molar-refractivity contribution in [1.82, 2.24) is 4.98 Å². The summed E-state index contributed by atoms with van der Waals surface area (Å²) in [4.78, 5) is 32.4. The van der Waals surface area contributed by atoms with Gasteiger partial charge in [0.2, 0.25) is 0 Å². The minimum Gasteiger partial charge on any atom is -0.507 e. The smallest absolute Gasteiger partial charge is 0.274 e. The number of benzene rings is 8. The van der Waals surface area contributed by atoms with Crippen LogP contribution in [-0.4, -0.2) is 27.0 Å². The Bertz CT molecular complexity index is 2780. The highest BCUT2D eigenvalue weighted by Crippen LogP contribution is 2.45. The maximum atomic E-state index is 14.0. The Hall–Kier alpha value is -7.51. The molecule has 4 N–H and O–H groups in total. The Kier molecular flexibility index (Phi) is 7.94. The molecule has 0 aliphatic heterocycles. The third-order valence-corrected chi connectivity index (χ3v) is 9.88. The van der Waals surface area contributed by atoms with Crippen molar-refractivity contribution < 1.29 is 19.8 Å². The van der Waals surface area contributed by atoms with Crippen molar-refractivity contribution in [2.75, 3.05) is 10.6 Å². The van der Waals surface area contributed by atoms with Crippen molar-refractivity contribution in [2.45, 2.75) is 0 Å². The van der Waals surface area contributed by atoms with Gasteiger partial charge in [-0.1, -0.05) is 127 Å². The number of carbonyl (C=O) groups is 2. The number of aromatic nitrogens is 1. The van der Waals surface area contributed by atoms with Gasteiger partial charge in [0.15, 0.2) is 0 Å². The molecule has 0 saturated carbocycles. The Morgan fingerprint density at radius 3 is 1.09 bits per heavy atom. The van der Waals surface area contributed by atoms with Crippen LogP contribution in [0.15, 0.2) is 164 Å². The van der Waals surface area contributed by atoms with E-state index < -0.39 is 11.8 Å². The number of nitrogens with one attached hydrogen (secondary N) is 2. The number of phenols is 2. The lowest BCUT2D eigenvalue weighted by Gasteiger charge is -2.18. The van der Waals surface area contributed by atoms with Crippen molar-refractivity contribution in [2.24, 2.45) is 0 Å². The lowest BCUT2D eigenvalue weighted by Crippen LogP contribution is -2.19. The maximum Gasteiger partial charge on any atom is 0.274 e. The molecule has 0 fully saturated rings. The van der Waals surface area contributed by atoms with Gasteiger partial charge >= 0.3 is 0 Å². The Balaban J connectivity index is 1.09. The first-order valence-electron chi connectivity index (χ1n) is 17.5. The molecule has 0 aliphatic rings. The zero-order valence-electron chi connectivity index (χ0n) is 28.7. The van der Waals surface area contributed by atoms with Gasteiger partial charge < -0.3 is 20.8 Å². The van der Waals surface area contributed by atoms with Gasteiger partial charge in [0, 0.05) is 33.6 Å². The fourth-order valence-corrected chi connectivity index (χ4v) is 7.40. The van der Waals surface area contributed by atoms with Crippen LogP contribution in [0.3, 0.4) is 0 Å². The number of amides is 2. The highest BCUT2D eigenvalue weighted by molar-refractivity contribution is 6.17. The van der Waals surface area contributed by atoms with E-state index in [9.17, 15) is 19.8 Å². The molecule has 2 amide bonds. The molecule has 0 atom stereocenters. The van der Waals surface area contributed by atoms with E-state index in [-0.39, 0.29) is 22.9 Å². The summed E-state index contributed by atoms with van der Waals surface area (Å²) in [5.74, 6) is -0.870. The Labute approximate surface area is 309 Å². The summed E-state index contributed by atoms with van der Waals surface area (Å²) in [5.41, 5.74) is 3.59. The molecule has 0 bridgehead atoms. The maximum absolute atomic E-state index is 14.0. The predicted octanol–water partition coefficient (Wildman–Crippen LogP) is 10.9. The van der Waals surface area contributed by atoms with Crippen LogP contribution in [0.5, 0.6) is 11.5 Å². The molecule has 0 saturated heterocycles. The van der Waals surface area contributed by atoms with E-state index in [0.717, 1.165) is 43.1 Å². The van der Waals surface area contributed by atoms with Crippen LogP contribution in [-0.2, 0) is 0 Å². The summed E-state index contributed by atoms with van der Waals surface area (Å²) in [6.45, 7) is 0. The number of phenolic OH excluding ortho intramolecular Hbond substituents is 2. The molecular weight excluding hydrogens is 671 g/mol. The number of fused-ring (bicyclic) bond motifs is 4. The second-order valence-corrected chi connectivity index (χ2v) is 13.1. The van der Waals surface area contributed by atoms with Crippen molar-refractivity contribution in [3.63, 3.8) is 0 Å². The Morgan fingerprint density at radius 2 is 0.704 bits per heavy atom. The van der Waals surface area contributed by atoms with Crippen LogP contribution in [0.25, 0.3) is 65.3 Å². The van der Waals surface area contributed by atoms with Gasteiger partial charge in [-0.05, 0) is 79.5 Å². The molecule has 0 aliphatic carbocycles. The van der Waals surface area contributed by atoms with E-state index in [1.165, 1.54) is 0 Å². The first kappa shape index (κ1) is 32.4. The fraction of sp³-hybridized carbons (Fsp3) is 0. The number of rotatable bonds is 6. The minimum atomic E-state index is -0.520. The number of pyridine rings is 1. The van der Waals surface area contributed by atoms with Gasteiger partial charge in [0.25, 0.3) is 11.8 Å². The van der Waals surface area contributed by atoms with Crippen molar-refractivity contribution in [3.8, 4) is 33.8 Å². The first-order chi connectivity index (χ1) is 26.4. The van der Waals surface area contributed by atoms with Gasteiger partial charge in [-0.3, -0.25) is 9.59 Å². The van der Waals surface area contributed by atoms with Crippen LogP contribution < -0.4 is 10.6 Å². The molecule has 7 nitrogen and oxygen atoms in total. The molecule has 7 heteroatoms. The molecule has 1 heterocycles. The summed E-state index contributed by atoms with van der Waals surface area (Å²) < 4.78 is 0. The van der Waals surface area contributed by atoms with Crippen molar-refractivity contribution >= 4 is 66.3 Å². The van der Waals surface area contributed by atoms with E-state index in [2.05, 4.69) is 15.6 Å². The zero-order chi connectivity index (χ0) is 36.8. The van der Waals surface area contributed by atoms with Gasteiger partial charge in [-0.25, -0.2) is 4.98 Å². The molecule has 0 unspecified atom stereocenters. The first-order valence-corrected chi connectivity index (χ1v) is 17.5. The third-order valence-electron chi connectivity index (χ3n) is 9.88. The van der Waals surface area contributed by atoms with Crippen molar-refractivity contribution in [3.05, 3.63) is 175 Å². The second kappa shape index (κ2) is 13.2. The van der Waals surface area contributed by atoms with Gasteiger partial charge in [0.05, 0.1) is 0 Å². The van der Waals surface area contributed by atoms with Gasteiger partial charge in [-0.2, -0.15) is 0 Å². The minimum absolute atomic E-state index is 0.0364. The topological polar surface area (TPSA) is 112 Å². The van der Waals surface area contributed by atoms with Crippen molar-refractivity contribution in [1.29, 1.82) is 0 Å². The normalized spacial score (nSPS) is 11.3. The summed E-state index contributed by atoms with van der Waals surface area (Å²) in [5, 5.41) is 35.7. The molecular formula is C47H31N3O4. The average molecular weight is 702 g/mol. The third kappa shape index (κ3) is 5.61. The molecule has 8 aromatic carbocycles. The summed E-state index contributed by atoms with van der Waals surface area (Å²) in [7, 11) is 0. The van der Waals surface area contributed by atoms with E-state index in [0.29, 0.717) is 33.6 Å². The van der Waals surface area contributed by atoms with Crippen LogP contribution in [0.1, 0.15) is 21.0 Å².